The van der Waals surface area contributed by atoms with Crippen LogP contribution in [-0.2, 0) is 4.74 Å². The fourth-order valence-electron chi connectivity index (χ4n) is 1.45. The van der Waals surface area contributed by atoms with Gasteiger partial charge in [0.2, 0.25) is 0 Å². The van der Waals surface area contributed by atoms with Gasteiger partial charge in [0.15, 0.2) is 0 Å². The van der Waals surface area contributed by atoms with Crippen molar-refractivity contribution < 1.29 is 13.9 Å². The van der Waals surface area contributed by atoms with Crippen LogP contribution in [0.2, 0.25) is 0 Å². The zero-order valence-corrected chi connectivity index (χ0v) is 12.0. The van der Waals surface area contributed by atoms with Gasteiger partial charge in [0.1, 0.15) is 11.4 Å². The zero-order valence-electron chi connectivity index (χ0n) is 12.0. The van der Waals surface area contributed by atoms with Crippen LogP contribution in [0.15, 0.2) is 18.2 Å². The molecule has 1 aromatic carbocycles. The number of hydrogen-bond donors (Lipinski definition) is 2. The number of anilines is 2. The van der Waals surface area contributed by atoms with Gasteiger partial charge < -0.3 is 10.1 Å². The highest BCUT2D eigenvalue weighted by molar-refractivity contribution is 5.85. The standard InChI is InChI=1S/C14H21FN2O2/c1-9(2)16-12-8-10(6-7-11(12)15)17-13(18)19-14(3,4)5/h6-9,16H,1-5H3,(H,17,18). The minimum absolute atomic E-state index is 0.103. The van der Waals surface area contributed by atoms with E-state index in [-0.39, 0.29) is 11.9 Å². The Labute approximate surface area is 113 Å². The van der Waals surface area contributed by atoms with Gasteiger partial charge in [-0.15, -0.1) is 0 Å². The average Bonchev–Trinajstić information content (AvgIpc) is 2.19. The van der Waals surface area contributed by atoms with E-state index in [2.05, 4.69) is 10.6 Å². The number of rotatable bonds is 3. The molecule has 1 rings (SSSR count). The van der Waals surface area contributed by atoms with E-state index < -0.39 is 11.7 Å². The number of carbonyl (C=O) groups excluding carboxylic acids is 1. The van der Waals surface area contributed by atoms with Gasteiger partial charge in [0.25, 0.3) is 0 Å². The lowest BCUT2D eigenvalue weighted by molar-refractivity contribution is 0.0636. The number of amides is 1. The molecule has 0 bridgehead atoms. The molecule has 0 spiro atoms. The molecule has 1 amide bonds. The molecule has 0 fully saturated rings. The Hall–Kier alpha value is -1.78. The SMILES string of the molecule is CC(C)Nc1cc(NC(=O)OC(C)(C)C)ccc1F. The van der Waals surface area contributed by atoms with Gasteiger partial charge >= 0.3 is 6.09 Å². The van der Waals surface area contributed by atoms with Gasteiger partial charge in [-0.25, -0.2) is 9.18 Å². The van der Waals surface area contributed by atoms with E-state index in [4.69, 9.17) is 4.74 Å². The summed E-state index contributed by atoms with van der Waals surface area (Å²) in [6, 6.07) is 4.44. The van der Waals surface area contributed by atoms with Crippen LogP contribution in [0.3, 0.4) is 0 Å². The van der Waals surface area contributed by atoms with E-state index in [1.807, 2.05) is 13.8 Å². The molecule has 5 heteroatoms. The molecule has 0 atom stereocenters. The predicted molar refractivity (Wildman–Crippen MR) is 75.0 cm³/mol. The van der Waals surface area contributed by atoms with Gasteiger partial charge in [0.05, 0.1) is 5.69 Å². The van der Waals surface area contributed by atoms with Crippen LogP contribution in [-0.4, -0.2) is 17.7 Å². The molecular weight excluding hydrogens is 247 g/mol. The molecule has 0 aliphatic rings. The summed E-state index contributed by atoms with van der Waals surface area (Å²) in [5, 5.41) is 5.54. The summed E-state index contributed by atoms with van der Waals surface area (Å²) in [6.45, 7) is 9.16. The number of ether oxygens (including phenoxy) is 1. The molecule has 106 valence electrons. The first-order valence-electron chi connectivity index (χ1n) is 6.23. The molecule has 0 aliphatic carbocycles. The van der Waals surface area contributed by atoms with Crippen LogP contribution in [0.4, 0.5) is 20.6 Å². The fourth-order valence-corrected chi connectivity index (χ4v) is 1.45. The average molecular weight is 268 g/mol. The summed E-state index contributed by atoms with van der Waals surface area (Å²) in [5.74, 6) is -0.358. The van der Waals surface area contributed by atoms with Crippen LogP contribution in [0.1, 0.15) is 34.6 Å². The van der Waals surface area contributed by atoms with E-state index in [1.54, 1.807) is 26.8 Å². The first-order chi connectivity index (χ1) is 8.67. The highest BCUT2D eigenvalue weighted by Crippen LogP contribution is 2.21. The maximum Gasteiger partial charge on any atom is 0.412 e. The van der Waals surface area contributed by atoms with Crippen LogP contribution in [0.5, 0.6) is 0 Å². The van der Waals surface area contributed by atoms with E-state index in [0.29, 0.717) is 11.4 Å². The van der Waals surface area contributed by atoms with Crippen molar-refractivity contribution in [2.24, 2.45) is 0 Å². The molecule has 0 radical (unpaired) electrons. The molecule has 1 aromatic rings. The topological polar surface area (TPSA) is 50.4 Å². The fraction of sp³-hybridized carbons (Fsp3) is 0.500. The van der Waals surface area contributed by atoms with Gasteiger partial charge in [-0.2, -0.15) is 0 Å². The molecule has 0 aromatic heterocycles. The zero-order chi connectivity index (χ0) is 14.6. The minimum atomic E-state index is -0.566. The van der Waals surface area contributed by atoms with E-state index in [0.717, 1.165) is 0 Å². The summed E-state index contributed by atoms with van der Waals surface area (Å²) in [5.41, 5.74) is 0.269. The third-order valence-electron chi connectivity index (χ3n) is 2.06. The minimum Gasteiger partial charge on any atom is -0.444 e. The normalized spacial score (nSPS) is 11.3. The van der Waals surface area contributed by atoms with E-state index >= 15 is 0 Å². The second kappa shape index (κ2) is 5.91. The van der Waals surface area contributed by atoms with Gasteiger partial charge in [-0.05, 0) is 52.8 Å². The van der Waals surface area contributed by atoms with E-state index in [1.165, 1.54) is 12.1 Å². The Morgan fingerprint density at radius 1 is 1.32 bits per heavy atom. The molecule has 0 saturated heterocycles. The van der Waals surface area contributed by atoms with Crippen LogP contribution in [0.25, 0.3) is 0 Å². The first-order valence-corrected chi connectivity index (χ1v) is 6.23. The molecule has 4 nitrogen and oxygen atoms in total. The van der Waals surface area contributed by atoms with Crippen molar-refractivity contribution in [3.05, 3.63) is 24.0 Å². The Kier molecular flexibility index (Phi) is 4.75. The van der Waals surface area contributed by atoms with Gasteiger partial charge in [-0.3, -0.25) is 5.32 Å². The Balaban J connectivity index is 2.77. The third-order valence-corrected chi connectivity index (χ3v) is 2.06. The monoisotopic (exact) mass is 268 g/mol. The molecule has 2 N–H and O–H groups in total. The largest absolute Gasteiger partial charge is 0.444 e. The van der Waals surface area contributed by atoms with Crippen molar-refractivity contribution in [3.8, 4) is 0 Å². The number of hydrogen-bond acceptors (Lipinski definition) is 3. The molecule has 19 heavy (non-hydrogen) atoms. The number of halogens is 1. The predicted octanol–water partition coefficient (Wildman–Crippen LogP) is 3.99. The van der Waals surface area contributed by atoms with Gasteiger partial charge in [0, 0.05) is 11.7 Å². The summed E-state index contributed by atoms with van der Waals surface area (Å²) < 4.78 is 18.7. The van der Waals surface area contributed by atoms with Crippen molar-refractivity contribution in [1.82, 2.24) is 0 Å². The van der Waals surface area contributed by atoms with Crippen molar-refractivity contribution in [2.75, 3.05) is 10.6 Å². The summed E-state index contributed by atoms with van der Waals surface area (Å²) in [7, 11) is 0. The summed E-state index contributed by atoms with van der Waals surface area (Å²) >= 11 is 0. The van der Waals surface area contributed by atoms with Crippen LogP contribution < -0.4 is 10.6 Å². The first kappa shape index (κ1) is 15.3. The lowest BCUT2D eigenvalue weighted by Gasteiger charge is -2.20. The van der Waals surface area contributed by atoms with E-state index in [9.17, 15) is 9.18 Å². The second-order valence-electron chi connectivity index (χ2n) is 5.62. The second-order valence-corrected chi connectivity index (χ2v) is 5.62. The quantitative estimate of drug-likeness (QED) is 0.871. The highest BCUT2D eigenvalue weighted by atomic mass is 19.1. The Bertz CT molecular complexity index is 453. The number of benzene rings is 1. The smallest absolute Gasteiger partial charge is 0.412 e. The molecule has 0 aliphatic heterocycles. The molecular formula is C14H21FN2O2. The lowest BCUT2D eigenvalue weighted by Crippen LogP contribution is -2.27. The van der Waals surface area contributed by atoms with Crippen molar-refractivity contribution >= 4 is 17.5 Å². The van der Waals surface area contributed by atoms with Crippen molar-refractivity contribution in [3.63, 3.8) is 0 Å². The maximum absolute atomic E-state index is 13.5. The number of nitrogens with one attached hydrogen (secondary N) is 2. The van der Waals surface area contributed by atoms with Crippen LogP contribution >= 0.6 is 0 Å². The van der Waals surface area contributed by atoms with Gasteiger partial charge in [-0.1, -0.05) is 0 Å². The third kappa shape index (κ3) is 5.59. The molecule has 0 heterocycles. The lowest BCUT2D eigenvalue weighted by atomic mass is 10.2. The maximum atomic E-state index is 13.5. The summed E-state index contributed by atoms with van der Waals surface area (Å²) in [6.07, 6.45) is -0.561. The number of carbonyl (C=O) groups is 1. The molecule has 0 saturated carbocycles. The van der Waals surface area contributed by atoms with Crippen LogP contribution in [0, 0.1) is 5.82 Å². The van der Waals surface area contributed by atoms with Crippen molar-refractivity contribution in [1.29, 1.82) is 0 Å². The molecule has 0 unspecified atom stereocenters. The summed E-state index contributed by atoms with van der Waals surface area (Å²) in [4.78, 5) is 11.6. The Morgan fingerprint density at radius 3 is 2.47 bits per heavy atom. The van der Waals surface area contributed by atoms with Crippen molar-refractivity contribution in [2.45, 2.75) is 46.3 Å². The Morgan fingerprint density at radius 2 is 1.95 bits per heavy atom. The highest BCUT2D eigenvalue weighted by Gasteiger charge is 2.16.